The molecule has 1 aromatic heterocycles. The fraction of sp³-hybridized carbons (Fsp3) is 0.600. The number of nitrogens with zero attached hydrogens (tertiary/aromatic N) is 3. The third kappa shape index (κ3) is 3.37. The minimum absolute atomic E-state index is 0.166. The molecule has 1 saturated heterocycles. The largest absolute Gasteiger partial charge is 0.459 e. The van der Waals surface area contributed by atoms with E-state index < -0.39 is 10.0 Å². The molecule has 6 nitrogen and oxygen atoms in total. The van der Waals surface area contributed by atoms with Crippen LogP contribution in [-0.4, -0.2) is 48.1 Å². The van der Waals surface area contributed by atoms with Crippen molar-refractivity contribution in [3.8, 4) is 6.01 Å². The van der Waals surface area contributed by atoms with Gasteiger partial charge in [0.15, 0.2) is 0 Å². The minimum Gasteiger partial charge on any atom is -0.459 e. The zero-order valence-corrected chi connectivity index (χ0v) is 10.4. The van der Waals surface area contributed by atoms with Gasteiger partial charge < -0.3 is 4.74 Å². The summed E-state index contributed by atoms with van der Waals surface area (Å²) in [7, 11) is -3.14. The second kappa shape index (κ2) is 4.97. The molecular formula is C10H15N3O3S. The van der Waals surface area contributed by atoms with E-state index in [1.54, 1.807) is 18.5 Å². The van der Waals surface area contributed by atoms with Gasteiger partial charge in [0.05, 0.1) is 12.8 Å². The molecule has 0 aliphatic carbocycles. The molecule has 0 bridgehead atoms. The molecule has 0 radical (unpaired) electrons. The van der Waals surface area contributed by atoms with Crippen LogP contribution in [0.5, 0.6) is 6.01 Å². The van der Waals surface area contributed by atoms with Crippen LogP contribution >= 0.6 is 0 Å². The number of rotatable bonds is 3. The Morgan fingerprint density at radius 1 is 1.41 bits per heavy atom. The van der Waals surface area contributed by atoms with Crippen LogP contribution in [0.25, 0.3) is 0 Å². The van der Waals surface area contributed by atoms with Crippen molar-refractivity contribution in [2.75, 3.05) is 19.3 Å². The van der Waals surface area contributed by atoms with Gasteiger partial charge in [-0.3, -0.25) is 0 Å². The van der Waals surface area contributed by atoms with Crippen LogP contribution in [0, 0.1) is 0 Å². The molecule has 0 unspecified atom stereocenters. The molecule has 2 rings (SSSR count). The van der Waals surface area contributed by atoms with Crippen molar-refractivity contribution >= 4 is 10.0 Å². The van der Waals surface area contributed by atoms with E-state index in [-0.39, 0.29) is 6.10 Å². The number of ether oxygens (including phenoxy) is 1. The number of sulfonamides is 1. The Hall–Kier alpha value is -1.21. The van der Waals surface area contributed by atoms with Crippen molar-refractivity contribution in [3.63, 3.8) is 0 Å². The lowest BCUT2D eigenvalue weighted by atomic mass is 10.1. The van der Waals surface area contributed by atoms with E-state index in [2.05, 4.69) is 9.97 Å². The van der Waals surface area contributed by atoms with E-state index in [4.69, 9.17) is 4.74 Å². The first-order valence-electron chi connectivity index (χ1n) is 5.44. The van der Waals surface area contributed by atoms with Crippen LogP contribution in [0.2, 0.25) is 0 Å². The van der Waals surface area contributed by atoms with Crippen LogP contribution in [0.4, 0.5) is 0 Å². The third-order valence-electron chi connectivity index (χ3n) is 2.62. The molecule has 17 heavy (non-hydrogen) atoms. The molecule has 0 N–H and O–H groups in total. The summed E-state index contributed by atoms with van der Waals surface area (Å²) in [6, 6.07) is 2.00. The number of piperidine rings is 1. The van der Waals surface area contributed by atoms with Gasteiger partial charge in [-0.1, -0.05) is 0 Å². The number of hydrogen-bond donors (Lipinski definition) is 0. The predicted molar refractivity (Wildman–Crippen MR) is 62.1 cm³/mol. The lowest BCUT2D eigenvalue weighted by Gasteiger charge is -2.30. The Balaban J connectivity index is 1.99. The molecule has 7 heteroatoms. The summed E-state index contributed by atoms with van der Waals surface area (Å²) in [6.45, 7) is 0.936. The number of hydrogen-bond acceptors (Lipinski definition) is 5. The fourth-order valence-corrected chi connectivity index (χ4v) is 2.70. The van der Waals surface area contributed by atoms with Crippen molar-refractivity contribution < 1.29 is 13.2 Å². The first kappa shape index (κ1) is 12.3. The van der Waals surface area contributed by atoms with Crippen LogP contribution in [0.3, 0.4) is 0 Å². The summed E-state index contributed by atoms with van der Waals surface area (Å²) in [6.07, 6.45) is 5.86. The monoisotopic (exact) mass is 257 g/mol. The van der Waals surface area contributed by atoms with Crippen LogP contribution in [0.15, 0.2) is 18.5 Å². The molecule has 94 valence electrons. The molecule has 0 aromatic carbocycles. The molecule has 1 atom stereocenters. The second-order valence-electron chi connectivity index (χ2n) is 4.03. The van der Waals surface area contributed by atoms with Gasteiger partial charge in [0.2, 0.25) is 10.0 Å². The van der Waals surface area contributed by atoms with E-state index in [1.807, 2.05) is 0 Å². The topological polar surface area (TPSA) is 72.4 Å². The van der Waals surface area contributed by atoms with Gasteiger partial charge in [-0.2, -0.15) is 4.31 Å². The average Bonchev–Trinajstić information content (AvgIpc) is 2.29. The van der Waals surface area contributed by atoms with Gasteiger partial charge in [-0.15, -0.1) is 0 Å². The highest BCUT2D eigenvalue weighted by Gasteiger charge is 2.27. The maximum Gasteiger partial charge on any atom is 0.316 e. The molecule has 0 saturated carbocycles. The van der Waals surface area contributed by atoms with Gasteiger partial charge in [0.1, 0.15) is 6.10 Å². The average molecular weight is 257 g/mol. The van der Waals surface area contributed by atoms with Crippen molar-refractivity contribution in [2.45, 2.75) is 18.9 Å². The van der Waals surface area contributed by atoms with E-state index in [0.717, 1.165) is 12.8 Å². The normalized spacial score (nSPS) is 22.3. The van der Waals surface area contributed by atoms with Gasteiger partial charge in [0, 0.05) is 18.9 Å². The summed E-state index contributed by atoms with van der Waals surface area (Å²) in [4.78, 5) is 7.92. The van der Waals surface area contributed by atoms with E-state index in [0.29, 0.717) is 19.1 Å². The second-order valence-corrected chi connectivity index (χ2v) is 6.02. The Bertz CT molecular complexity index is 463. The Labute approximate surface area is 101 Å². The zero-order valence-electron chi connectivity index (χ0n) is 9.61. The van der Waals surface area contributed by atoms with Crippen molar-refractivity contribution in [3.05, 3.63) is 18.5 Å². The molecule has 2 heterocycles. The highest BCUT2D eigenvalue weighted by molar-refractivity contribution is 7.88. The first-order chi connectivity index (χ1) is 8.05. The molecule has 1 aliphatic heterocycles. The van der Waals surface area contributed by atoms with E-state index in [9.17, 15) is 8.42 Å². The number of aromatic nitrogens is 2. The Morgan fingerprint density at radius 2 is 2.12 bits per heavy atom. The first-order valence-corrected chi connectivity index (χ1v) is 7.29. The summed E-state index contributed by atoms with van der Waals surface area (Å²) in [5.74, 6) is 0. The molecule has 1 fully saturated rings. The third-order valence-corrected chi connectivity index (χ3v) is 3.89. The maximum atomic E-state index is 11.4. The Morgan fingerprint density at radius 3 is 2.76 bits per heavy atom. The molecule has 0 amide bonds. The van der Waals surface area contributed by atoms with Gasteiger partial charge >= 0.3 is 6.01 Å². The SMILES string of the molecule is CS(=O)(=O)N1CCC[C@@H](Oc2ncccn2)C1. The van der Waals surface area contributed by atoms with Crippen molar-refractivity contribution in [1.29, 1.82) is 0 Å². The highest BCUT2D eigenvalue weighted by atomic mass is 32.2. The van der Waals surface area contributed by atoms with Gasteiger partial charge in [-0.25, -0.2) is 18.4 Å². The minimum atomic E-state index is -3.14. The lowest BCUT2D eigenvalue weighted by molar-refractivity contribution is 0.119. The van der Waals surface area contributed by atoms with E-state index in [1.165, 1.54) is 10.6 Å². The Kier molecular flexibility index (Phi) is 3.58. The van der Waals surface area contributed by atoms with Crippen LogP contribution in [-0.2, 0) is 10.0 Å². The molecule has 0 spiro atoms. The fourth-order valence-electron chi connectivity index (χ4n) is 1.80. The predicted octanol–water partition coefficient (Wildman–Crippen LogP) is 0.279. The summed E-state index contributed by atoms with van der Waals surface area (Å²) >= 11 is 0. The van der Waals surface area contributed by atoms with Gasteiger partial charge in [-0.05, 0) is 18.9 Å². The quantitative estimate of drug-likeness (QED) is 0.777. The summed E-state index contributed by atoms with van der Waals surface area (Å²) < 4.78 is 29.8. The molecule has 1 aliphatic rings. The van der Waals surface area contributed by atoms with Crippen LogP contribution in [0.1, 0.15) is 12.8 Å². The maximum absolute atomic E-state index is 11.4. The van der Waals surface area contributed by atoms with Crippen molar-refractivity contribution in [2.24, 2.45) is 0 Å². The summed E-state index contributed by atoms with van der Waals surface area (Å²) in [5.41, 5.74) is 0. The van der Waals surface area contributed by atoms with Gasteiger partial charge in [0.25, 0.3) is 0 Å². The van der Waals surface area contributed by atoms with Crippen LogP contribution < -0.4 is 4.74 Å². The standard InChI is InChI=1S/C10H15N3O3S/c1-17(14,15)13-7-2-4-9(8-13)16-10-11-5-3-6-12-10/h3,5-6,9H,2,4,7-8H2,1H3/t9-/m1/s1. The molecule has 1 aromatic rings. The molecular weight excluding hydrogens is 242 g/mol. The lowest BCUT2D eigenvalue weighted by Crippen LogP contribution is -2.44. The smallest absolute Gasteiger partial charge is 0.316 e. The van der Waals surface area contributed by atoms with Crippen molar-refractivity contribution in [1.82, 2.24) is 14.3 Å². The van der Waals surface area contributed by atoms with E-state index >= 15 is 0 Å². The zero-order chi connectivity index (χ0) is 12.3. The summed E-state index contributed by atoms with van der Waals surface area (Å²) in [5, 5.41) is 0. The highest BCUT2D eigenvalue weighted by Crippen LogP contribution is 2.16.